The van der Waals surface area contributed by atoms with Gasteiger partial charge in [-0.05, 0) is 59.3 Å². The van der Waals surface area contributed by atoms with E-state index in [1.807, 2.05) is 35.7 Å². The summed E-state index contributed by atoms with van der Waals surface area (Å²) in [4.78, 5) is 17.5. The predicted octanol–water partition coefficient (Wildman–Crippen LogP) is 6.03. The van der Waals surface area contributed by atoms with E-state index in [0.717, 1.165) is 22.0 Å². The van der Waals surface area contributed by atoms with Gasteiger partial charge >= 0.3 is 0 Å². The molecule has 0 aliphatic rings. The summed E-state index contributed by atoms with van der Waals surface area (Å²) >= 11 is 1.34. The van der Waals surface area contributed by atoms with Gasteiger partial charge in [-0.3, -0.25) is 14.8 Å². The van der Waals surface area contributed by atoms with Crippen molar-refractivity contribution in [1.29, 1.82) is 0 Å². The van der Waals surface area contributed by atoms with Gasteiger partial charge in [-0.2, -0.15) is 0 Å². The highest BCUT2D eigenvalue weighted by Crippen LogP contribution is 2.31. The highest BCUT2D eigenvalue weighted by molar-refractivity contribution is 7.92. The van der Waals surface area contributed by atoms with Crippen molar-refractivity contribution in [1.82, 2.24) is 4.98 Å². The van der Waals surface area contributed by atoms with Crippen LogP contribution in [0.25, 0.3) is 22.0 Å². The van der Waals surface area contributed by atoms with Gasteiger partial charge in [-0.15, -0.1) is 11.3 Å². The summed E-state index contributed by atoms with van der Waals surface area (Å²) in [6.45, 7) is 0. The average molecular weight is 516 g/mol. The summed E-state index contributed by atoms with van der Waals surface area (Å²) in [5.41, 5.74) is 2.51. The second-order valence-corrected chi connectivity index (χ2v) is 10.4. The Balaban J connectivity index is 1.27. The van der Waals surface area contributed by atoms with Gasteiger partial charge in [-0.25, -0.2) is 13.4 Å². The Morgan fingerprint density at radius 3 is 2.36 bits per heavy atom. The quantitative estimate of drug-likeness (QED) is 0.276. The fourth-order valence-electron chi connectivity index (χ4n) is 3.73. The summed E-state index contributed by atoms with van der Waals surface area (Å²) in [6, 6.07) is 26.4. The van der Waals surface area contributed by atoms with Crippen molar-refractivity contribution in [2.45, 2.75) is 4.90 Å². The minimum Gasteiger partial charge on any atom is -0.497 e. The van der Waals surface area contributed by atoms with Crippen LogP contribution >= 0.6 is 11.3 Å². The Hall–Kier alpha value is -4.21. The molecule has 0 fully saturated rings. The van der Waals surface area contributed by atoms with Crippen LogP contribution in [0, 0.1) is 0 Å². The second-order valence-electron chi connectivity index (χ2n) is 7.88. The molecular formula is C27H21N3O4S2. The van der Waals surface area contributed by atoms with Gasteiger partial charge in [0.15, 0.2) is 5.13 Å². The largest absolute Gasteiger partial charge is 0.497 e. The van der Waals surface area contributed by atoms with Crippen LogP contribution in [0.5, 0.6) is 5.75 Å². The summed E-state index contributed by atoms with van der Waals surface area (Å²) in [6.07, 6.45) is 0. The number of carbonyl (C=O) groups is 1. The van der Waals surface area contributed by atoms with Crippen LogP contribution in [0.2, 0.25) is 0 Å². The van der Waals surface area contributed by atoms with Crippen molar-refractivity contribution >= 4 is 48.9 Å². The minimum absolute atomic E-state index is 0.107. The molecule has 7 nitrogen and oxygen atoms in total. The number of aromatic nitrogens is 1. The molecule has 1 heterocycles. The fraction of sp³-hybridized carbons (Fsp3) is 0.0370. The summed E-state index contributed by atoms with van der Waals surface area (Å²) in [7, 11) is -2.26. The number of amides is 1. The van der Waals surface area contributed by atoms with E-state index in [-0.39, 0.29) is 10.8 Å². The van der Waals surface area contributed by atoms with Crippen LogP contribution < -0.4 is 14.8 Å². The molecule has 0 atom stereocenters. The van der Waals surface area contributed by atoms with Gasteiger partial charge in [0.05, 0.1) is 17.7 Å². The number of methoxy groups -OCH3 is 1. The molecule has 0 aliphatic carbocycles. The maximum Gasteiger partial charge on any atom is 0.261 e. The van der Waals surface area contributed by atoms with Gasteiger partial charge in [0.2, 0.25) is 0 Å². The number of benzene rings is 4. The number of hydrogen-bond acceptors (Lipinski definition) is 6. The van der Waals surface area contributed by atoms with E-state index in [1.165, 1.54) is 30.6 Å². The number of ether oxygens (including phenoxy) is 1. The lowest BCUT2D eigenvalue weighted by Gasteiger charge is -2.09. The predicted molar refractivity (Wildman–Crippen MR) is 143 cm³/mol. The van der Waals surface area contributed by atoms with Gasteiger partial charge in [0.1, 0.15) is 5.75 Å². The molecule has 0 unspecified atom stereocenters. The van der Waals surface area contributed by atoms with Crippen LogP contribution in [0.15, 0.2) is 101 Å². The Labute approximate surface area is 212 Å². The molecular weight excluding hydrogens is 494 g/mol. The van der Waals surface area contributed by atoms with E-state index < -0.39 is 10.0 Å². The zero-order valence-electron chi connectivity index (χ0n) is 19.1. The Morgan fingerprint density at radius 1 is 0.889 bits per heavy atom. The maximum absolute atomic E-state index is 12.8. The standard InChI is InChI=1S/C27H21N3O4S2/c1-34-21-13-15-22(16-14-21)36(32,33)30-20-11-9-19(10-12-20)26(31)29-27-28-25(17-35-27)24-8-4-6-18-5-2-3-7-23(18)24/h2-17,30H,1H3,(H,28,29,31). The first kappa shape index (κ1) is 23.5. The minimum atomic E-state index is -3.77. The molecule has 1 aromatic heterocycles. The lowest BCUT2D eigenvalue weighted by Crippen LogP contribution is -2.14. The van der Waals surface area contributed by atoms with Crippen molar-refractivity contribution in [2.24, 2.45) is 0 Å². The van der Waals surface area contributed by atoms with Gasteiger partial charge in [-0.1, -0.05) is 42.5 Å². The van der Waals surface area contributed by atoms with E-state index in [2.05, 4.69) is 27.2 Å². The number of fused-ring (bicyclic) bond motifs is 1. The molecule has 180 valence electrons. The molecule has 4 aromatic carbocycles. The maximum atomic E-state index is 12.8. The van der Waals surface area contributed by atoms with Crippen molar-refractivity contribution in [3.63, 3.8) is 0 Å². The van der Waals surface area contributed by atoms with E-state index in [1.54, 1.807) is 36.4 Å². The summed E-state index contributed by atoms with van der Waals surface area (Å²) in [5.74, 6) is 0.229. The molecule has 36 heavy (non-hydrogen) atoms. The molecule has 0 saturated carbocycles. The molecule has 5 aromatic rings. The fourth-order valence-corrected chi connectivity index (χ4v) is 5.50. The molecule has 9 heteroatoms. The average Bonchev–Trinajstić information content (AvgIpc) is 3.36. The third kappa shape index (κ3) is 4.93. The first-order valence-electron chi connectivity index (χ1n) is 10.9. The third-order valence-corrected chi connectivity index (χ3v) is 7.71. The number of nitrogens with one attached hydrogen (secondary N) is 2. The van der Waals surface area contributed by atoms with E-state index >= 15 is 0 Å². The lowest BCUT2D eigenvalue weighted by atomic mass is 10.0. The summed E-state index contributed by atoms with van der Waals surface area (Å²) < 4.78 is 32.8. The number of thiazole rings is 1. The normalized spacial score (nSPS) is 11.2. The zero-order valence-corrected chi connectivity index (χ0v) is 20.8. The van der Waals surface area contributed by atoms with Crippen LogP contribution in [-0.2, 0) is 10.0 Å². The lowest BCUT2D eigenvalue weighted by molar-refractivity contribution is 0.102. The van der Waals surface area contributed by atoms with Crippen molar-refractivity contribution < 1.29 is 17.9 Å². The molecule has 0 saturated heterocycles. The second kappa shape index (κ2) is 9.80. The number of nitrogens with zero attached hydrogens (tertiary/aromatic N) is 1. The first-order valence-corrected chi connectivity index (χ1v) is 13.3. The van der Waals surface area contributed by atoms with Crippen molar-refractivity contribution in [3.8, 4) is 17.0 Å². The molecule has 2 N–H and O–H groups in total. The topological polar surface area (TPSA) is 97.4 Å². The Kier molecular flexibility index (Phi) is 6.41. The van der Waals surface area contributed by atoms with Crippen LogP contribution in [0.4, 0.5) is 10.8 Å². The summed E-state index contributed by atoms with van der Waals surface area (Å²) in [5, 5.41) is 7.42. The van der Waals surface area contributed by atoms with Crippen LogP contribution in [0.1, 0.15) is 10.4 Å². The monoisotopic (exact) mass is 515 g/mol. The molecule has 0 aliphatic heterocycles. The number of rotatable bonds is 7. The van der Waals surface area contributed by atoms with E-state index in [9.17, 15) is 13.2 Å². The third-order valence-electron chi connectivity index (χ3n) is 5.56. The molecule has 0 bridgehead atoms. The SMILES string of the molecule is COc1ccc(S(=O)(=O)Nc2ccc(C(=O)Nc3nc(-c4cccc5ccccc45)cs3)cc2)cc1. The van der Waals surface area contributed by atoms with Crippen molar-refractivity contribution in [3.05, 3.63) is 102 Å². The van der Waals surface area contributed by atoms with Gasteiger partial charge in [0.25, 0.3) is 15.9 Å². The highest BCUT2D eigenvalue weighted by atomic mass is 32.2. The molecule has 0 radical (unpaired) electrons. The van der Waals surface area contributed by atoms with E-state index in [0.29, 0.717) is 22.1 Å². The van der Waals surface area contributed by atoms with Crippen LogP contribution in [0.3, 0.4) is 0 Å². The highest BCUT2D eigenvalue weighted by Gasteiger charge is 2.16. The molecule has 0 spiro atoms. The number of carbonyl (C=O) groups excluding carboxylic acids is 1. The van der Waals surface area contributed by atoms with Gasteiger partial charge in [0, 0.05) is 22.2 Å². The number of sulfonamides is 1. The first-order chi connectivity index (χ1) is 17.4. The zero-order chi connectivity index (χ0) is 25.1. The smallest absolute Gasteiger partial charge is 0.261 e. The molecule has 1 amide bonds. The van der Waals surface area contributed by atoms with Crippen LogP contribution in [-0.4, -0.2) is 26.4 Å². The number of hydrogen-bond donors (Lipinski definition) is 2. The Bertz CT molecular complexity index is 1640. The van der Waals surface area contributed by atoms with E-state index in [4.69, 9.17) is 4.74 Å². The Morgan fingerprint density at radius 2 is 1.61 bits per heavy atom. The number of anilines is 2. The molecule has 5 rings (SSSR count). The van der Waals surface area contributed by atoms with Crippen molar-refractivity contribution in [2.75, 3.05) is 17.1 Å². The van der Waals surface area contributed by atoms with Gasteiger partial charge < -0.3 is 4.74 Å².